The van der Waals surface area contributed by atoms with Gasteiger partial charge in [0, 0.05) is 12.2 Å². The second-order valence-electron chi connectivity index (χ2n) is 2.74. The summed E-state index contributed by atoms with van der Waals surface area (Å²) in [6.07, 6.45) is 1.84. The van der Waals surface area contributed by atoms with Crippen LogP contribution in [0.25, 0.3) is 0 Å². The molecule has 1 rings (SSSR count). The summed E-state index contributed by atoms with van der Waals surface area (Å²) in [5, 5.41) is 9.32. The molecule has 0 bridgehead atoms. The molecule has 5 nitrogen and oxygen atoms in total. The van der Waals surface area contributed by atoms with Crippen LogP contribution in [0.3, 0.4) is 0 Å². The number of carbonyl (C=O) groups is 1. The Morgan fingerprint density at radius 2 is 2.54 bits per heavy atom. The van der Waals surface area contributed by atoms with E-state index >= 15 is 0 Å². The molecule has 0 aromatic rings. The van der Waals surface area contributed by atoms with Crippen molar-refractivity contribution < 1.29 is 4.79 Å². The molecule has 0 aliphatic carbocycles. The molecule has 0 spiro atoms. The van der Waals surface area contributed by atoms with Crippen LogP contribution in [-0.2, 0) is 0 Å². The summed E-state index contributed by atoms with van der Waals surface area (Å²) in [7, 11) is 0. The number of urea groups is 1. The fraction of sp³-hybridized carbons (Fsp3) is 0.500. The average molecular weight is 182 g/mol. The summed E-state index contributed by atoms with van der Waals surface area (Å²) in [5.41, 5.74) is 4.50. The maximum atomic E-state index is 11.1. The van der Waals surface area contributed by atoms with Crippen molar-refractivity contribution in [3.8, 4) is 0 Å². The standard InChI is InChI=1S/C8H14N4O/c1-3-9-8(13)11-7-4-6(2)12-10-5-7/h4,10H,3,5H2,1-2H3,(H2,9,11,13). The van der Waals surface area contributed by atoms with Crippen molar-refractivity contribution in [3.63, 3.8) is 0 Å². The van der Waals surface area contributed by atoms with Gasteiger partial charge >= 0.3 is 6.03 Å². The zero-order valence-corrected chi connectivity index (χ0v) is 7.85. The molecule has 0 unspecified atom stereocenters. The largest absolute Gasteiger partial charge is 0.338 e. The predicted molar refractivity (Wildman–Crippen MR) is 51.4 cm³/mol. The predicted octanol–water partition coefficient (Wildman–Crippen LogP) is 0.168. The zero-order valence-electron chi connectivity index (χ0n) is 7.85. The highest BCUT2D eigenvalue weighted by molar-refractivity contribution is 5.94. The van der Waals surface area contributed by atoms with Crippen LogP contribution < -0.4 is 16.1 Å². The van der Waals surface area contributed by atoms with Gasteiger partial charge in [-0.2, -0.15) is 5.10 Å². The molecule has 5 heteroatoms. The third-order valence-corrected chi connectivity index (χ3v) is 1.52. The Kier molecular flexibility index (Phi) is 3.31. The van der Waals surface area contributed by atoms with Gasteiger partial charge < -0.3 is 16.1 Å². The molecule has 0 saturated carbocycles. The number of amides is 2. The second-order valence-corrected chi connectivity index (χ2v) is 2.74. The molecule has 72 valence electrons. The third kappa shape index (κ3) is 3.14. The zero-order chi connectivity index (χ0) is 9.68. The first-order chi connectivity index (χ1) is 6.22. The molecule has 0 atom stereocenters. The molecule has 0 saturated heterocycles. The average Bonchev–Trinajstić information content (AvgIpc) is 2.04. The number of hydrogen-bond donors (Lipinski definition) is 3. The van der Waals surface area contributed by atoms with Crippen molar-refractivity contribution in [2.24, 2.45) is 5.10 Å². The first-order valence-corrected chi connectivity index (χ1v) is 4.25. The number of allylic oxidation sites excluding steroid dienone is 1. The van der Waals surface area contributed by atoms with Gasteiger partial charge in [0.15, 0.2) is 0 Å². The van der Waals surface area contributed by atoms with Gasteiger partial charge in [-0.15, -0.1) is 0 Å². The van der Waals surface area contributed by atoms with Crippen LogP contribution in [0.5, 0.6) is 0 Å². The van der Waals surface area contributed by atoms with Crippen LogP contribution in [0.1, 0.15) is 13.8 Å². The van der Waals surface area contributed by atoms with E-state index in [2.05, 4.69) is 21.2 Å². The van der Waals surface area contributed by atoms with Crippen molar-refractivity contribution in [1.82, 2.24) is 16.1 Å². The summed E-state index contributed by atoms with van der Waals surface area (Å²) in [6, 6.07) is -0.176. The molecular formula is C8H14N4O. The van der Waals surface area contributed by atoms with Crippen molar-refractivity contribution in [2.75, 3.05) is 13.1 Å². The summed E-state index contributed by atoms with van der Waals surface area (Å²) < 4.78 is 0. The van der Waals surface area contributed by atoms with Crippen LogP contribution in [0, 0.1) is 0 Å². The maximum Gasteiger partial charge on any atom is 0.319 e. The van der Waals surface area contributed by atoms with Gasteiger partial charge in [-0.3, -0.25) is 0 Å². The molecule has 0 fully saturated rings. The summed E-state index contributed by atoms with van der Waals surface area (Å²) in [5.74, 6) is 0. The number of rotatable bonds is 2. The van der Waals surface area contributed by atoms with Crippen LogP contribution in [-0.4, -0.2) is 24.8 Å². The lowest BCUT2D eigenvalue weighted by molar-refractivity contribution is 0.243. The van der Waals surface area contributed by atoms with Crippen LogP contribution in [0.15, 0.2) is 16.9 Å². The third-order valence-electron chi connectivity index (χ3n) is 1.52. The Labute approximate surface area is 77.3 Å². The number of nitrogens with one attached hydrogen (secondary N) is 3. The molecule has 1 aliphatic heterocycles. The van der Waals surface area contributed by atoms with Crippen molar-refractivity contribution in [3.05, 3.63) is 11.8 Å². The molecule has 0 aromatic heterocycles. The quantitative estimate of drug-likeness (QED) is 0.570. The minimum absolute atomic E-state index is 0.176. The molecule has 0 radical (unpaired) electrons. The van der Waals surface area contributed by atoms with Crippen molar-refractivity contribution in [1.29, 1.82) is 0 Å². The Bertz CT molecular complexity index is 257. The van der Waals surface area contributed by atoms with Gasteiger partial charge in [0.25, 0.3) is 0 Å². The highest BCUT2D eigenvalue weighted by Crippen LogP contribution is 1.94. The van der Waals surface area contributed by atoms with Gasteiger partial charge in [0.2, 0.25) is 0 Å². The van der Waals surface area contributed by atoms with Crippen molar-refractivity contribution >= 4 is 11.7 Å². The summed E-state index contributed by atoms with van der Waals surface area (Å²) >= 11 is 0. The van der Waals surface area contributed by atoms with E-state index in [0.717, 1.165) is 11.4 Å². The molecule has 2 amide bonds. The van der Waals surface area contributed by atoms with E-state index in [1.807, 2.05) is 19.9 Å². The van der Waals surface area contributed by atoms with E-state index in [-0.39, 0.29) is 6.03 Å². The van der Waals surface area contributed by atoms with Crippen LogP contribution >= 0.6 is 0 Å². The maximum absolute atomic E-state index is 11.1. The van der Waals surface area contributed by atoms with Gasteiger partial charge in [-0.1, -0.05) is 0 Å². The summed E-state index contributed by atoms with van der Waals surface area (Å²) in [6.45, 7) is 4.93. The van der Waals surface area contributed by atoms with Gasteiger partial charge in [0.05, 0.1) is 12.3 Å². The topological polar surface area (TPSA) is 65.5 Å². The Morgan fingerprint density at radius 1 is 1.77 bits per heavy atom. The summed E-state index contributed by atoms with van der Waals surface area (Å²) in [4.78, 5) is 11.1. The van der Waals surface area contributed by atoms with E-state index in [4.69, 9.17) is 0 Å². The lowest BCUT2D eigenvalue weighted by atomic mass is 10.3. The number of carbonyl (C=O) groups excluding carboxylic acids is 1. The number of hydrazone groups is 1. The van der Waals surface area contributed by atoms with E-state index in [9.17, 15) is 4.79 Å². The molecule has 3 N–H and O–H groups in total. The molecular weight excluding hydrogens is 168 g/mol. The molecule has 13 heavy (non-hydrogen) atoms. The molecule has 1 aliphatic rings. The lowest BCUT2D eigenvalue weighted by Gasteiger charge is -2.13. The fourth-order valence-corrected chi connectivity index (χ4v) is 1.02. The highest BCUT2D eigenvalue weighted by atomic mass is 16.2. The van der Waals surface area contributed by atoms with Gasteiger partial charge in [-0.05, 0) is 19.9 Å². The number of hydrogen-bond acceptors (Lipinski definition) is 3. The van der Waals surface area contributed by atoms with E-state index in [1.165, 1.54) is 0 Å². The monoisotopic (exact) mass is 182 g/mol. The highest BCUT2D eigenvalue weighted by Gasteiger charge is 2.05. The van der Waals surface area contributed by atoms with Crippen LogP contribution in [0.2, 0.25) is 0 Å². The van der Waals surface area contributed by atoms with Gasteiger partial charge in [-0.25, -0.2) is 4.79 Å². The Balaban J connectivity index is 2.45. The van der Waals surface area contributed by atoms with E-state index < -0.39 is 0 Å². The molecule has 1 heterocycles. The SMILES string of the molecule is CCNC(=O)NC1=CC(C)=NNC1. The smallest absolute Gasteiger partial charge is 0.319 e. The van der Waals surface area contributed by atoms with E-state index in [0.29, 0.717) is 13.1 Å². The number of nitrogens with zero attached hydrogens (tertiary/aromatic N) is 1. The molecule has 0 aromatic carbocycles. The second kappa shape index (κ2) is 4.49. The normalized spacial score (nSPS) is 15.2. The minimum Gasteiger partial charge on any atom is -0.338 e. The van der Waals surface area contributed by atoms with Crippen LogP contribution in [0.4, 0.5) is 4.79 Å². The lowest BCUT2D eigenvalue weighted by Crippen LogP contribution is -2.38. The van der Waals surface area contributed by atoms with Crippen molar-refractivity contribution in [2.45, 2.75) is 13.8 Å². The Morgan fingerprint density at radius 3 is 3.15 bits per heavy atom. The van der Waals surface area contributed by atoms with E-state index in [1.54, 1.807) is 0 Å². The van der Waals surface area contributed by atoms with Gasteiger partial charge in [0.1, 0.15) is 0 Å². The Hall–Kier alpha value is -1.52. The minimum atomic E-state index is -0.176. The fourth-order valence-electron chi connectivity index (χ4n) is 1.02. The first-order valence-electron chi connectivity index (χ1n) is 4.25. The first kappa shape index (κ1) is 9.57.